The van der Waals surface area contributed by atoms with E-state index in [2.05, 4.69) is 12.2 Å². The highest BCUT2D eigenvalue weighted by Crippen LogP contribution is 2.60. The molecule has 5 rings (SSSR count). The molecular weight excluding hydrogens is 288 g/mol. The van der Waals surface area contributed by atoms with Crippen LogP contribution in [0, 0.1) is 29.1 Å². The van der Waals surface area contributed by atoms with Gasteiger partial charge in [0.2, 0.25) is 11.8 Å². The van der Waals surface area contributed by atoms with Crippen molar-refractivity contribution in [3.05, 3.63) is 0 Å². The zero-order chi connectivity index (χ0) is 16.0. The Kier molecular flexibility index (Phi) is 3.89. The number of carbonyl (C=O) groups is 2. The number of nitrogens with one attached hydrogen (secondary N) is 1. The normalized spacial score (nSPS) is 41.9. The van der Waals surface area contributed by atoms with Crippen molar-refractivity contribution in [2.24, 2.45) is 29.1 Å². The van der Waals surface area contributed by atoms with Crippen molar-refractivity contribution >= 4 is 11.8 Å². The molecule has 0 radical (unpaired) electrons. The van der Waals surface area contributed by atoms with Gasteiger partial charge in [-0.05, 0) is 75.0 Å². The quantitative estimate of drug-likeness (QED) is 0.869. The van der Waals surface area contributed by atoms with Crippen LogP contribution in [0.15, 0.2) is 0 Å². The van der Waals surface area contributed by atoms with Gasteiger partial charge >= 0.3 is 0 Å². The molecule has 4 bridgehead atoms. The molecule has 4 nitrogen and oxygen atoms in total. The van der Waals surface area contributed by atoms with Gasteiger partial charge in [0.05, 0.1) is 6.54 Å². The minimum absolute atomic E-state index is 0.106. The third-order valence-electron chi connectivity index (χ3n) is 6.93. The lowest BCUT2D eigenvalue weighted by Gasteiger charge is -2.55. The van der Waals surface area contributed by atoms with Crippen LogP contribution >= 0.6 is 0 Å². The van der Waals surface area contributed by atoms with Gasteiger partial charge in [0.1, 0.15) is 0 Å². The smallest absolute Gasteiger partial charge is 0.241 e. The molecule has 1 aliphatic heterocycles. The van der Waals surface area contributed by atoms with Gasteiger partial charge in [-0.1, -0.05) is 6.92 Å². The van der Waals surface area contributed by atoms with Crippen LogP contribution in [0.1, 0.15) is 58.3 Å². The van der Waals surface area contributed by atoms with Crippen molar-refractivity contribution in [1.29, 1.82) is 0 Å². The Morgan fingerprint density at radius 1 is 1.09 bits per heavy atom. The molecule has 4 heteroatoms. The average molecular weight is 318 g/mol. The minimum atomic E-state index is -0.135. The first kappa shape index (κ1) is 15.5. The molecule has 0 aromatic heterocycles. The summed E-state index contributed by atoms with van der Waals surface area (Å²) in [4.78, 5) is 27.2. The molecule has 0 aromatic carbocycles. The van der Waals surface area contributed by atoms with Gasteiger partial charge in [-0.2, -0.15) is 0 Å². The van der Waals surface area contributed by atoms with E-state index in [9.17, 15) is 9.59 Å². The topological polar surface area (TPSA) is 49.4 Å². The third-order valence-corrected chi connectivity index (χ3v) is 6.93. The van der Waals surface area contributed by atoms with E-state index in [1.54, 1.807) is 0 Å². The summed E-state index contributed by atoms with van der Waals surface area (Å²) in [5.74, 6) is 3.18. The Morgan fingerprint density at radius 2 is 1.70 bits per heavy atom. The van der Waals surface area contributed by atoms with Gasteiger partial charge < -0.3 is 10.2 Å². The van der Waals surface area contributed by atoms with Gasteiger partial charge in [-0.15, -0.1) is 0 Å². The number of hydrogen-bond acceptors (Lipinski definition) is 2. The Balaban J connectivity index is 1.34. The van der Waals surface area contributed by atoms with Crippen LogP contribution in [-0.2, 0) is 9.59 Å². The maximum absolute atomic E-state index is 12.9. The lowest BCUT2D eigenvalue weighted by molar-refractivity contribution is -0.148. The molecule has 1 unspecified atom stereocenters. The Labute approximate surface area is 139 Å². The minimum Gasteiger partial charge on any atom is -0.347 e. The first-order valence-corrected chi connectivity index (χ1v) is 9.60. The molecular formula is C19H30N2O2. The SMILES string of the molecule is CC1CCCN(C(=O)CNC(=O)C23CC4CC(CC(C4)C2)C3)C1. The van der Waals surface area contributed by atoms with E-state index in [0.29, 0.717) is 5.92 Å². The highest BCUT2D eigenvalue weighted by Gasteiger charge is 2.54. The molecule has 5 aliphatic rings. The van der Waals surface area contributed by atoms with Crippen molar-refractivity contribution < 1.29 is 9.59 Å². The summed E-state index contributed by atoms with van der Waals surface area (Å²) < 4.78 is 0. The molecule has 4 aliphatic carbocycles. The van der Waals surface area contributed by atoms with Crippen LogP contribution < -0.4 is 5.32 Å². The summed E-state index contributed by atoms with van der Waals surface area (Å²) in [5, 5.41) is 3.02. The number of piperidine rings is 1. The second-order valence-electron chi connectivity index (χ2n) is 8.97. The van der Waals surface area contributed by atoms with Crippen molar-refractivity contribution in [3.63, 3.8) is 0 Å². The van der Waals surface area contributed by atoms with Crippen molar-refractivity contribution in [2.75, 3.05) is 19.6 Å². The van der Waals surface area contributed by atoms with Crippen molar-refractivity contribution in [3.8, 4) is 0 Å². The Morgan fingerprint density at radius 3 is 2.26 bits per heavy atom. The maximum atomic E-state index is 12.9. The van der Waals surface area contributed by atoms with Crippen LogP contribution in [0.4, 0.5) is 0 Å². The summed E-state index contributed by atoms with van der Waals surface area (Å²) in [5.41, 5.74) is -0.135. The first-order valence-electron chi connectivity index (χ1n) is 9.60. The molecule has 23 heavy (non-hydrogen) atoms. The fraction of sp³-hybridized carbons (Fsp3) is 0.895. The second-order valence-corrected chi connectivity index (χ2v) is 8.97. The monoisotopic (exact) mass is 318 g/mol. The summed E-state index contributed by atoms with van der Waals surface area (Å²) >= 11 is 0. The van der Waals surface area contributed by atoms with Gasteiger partial charge in [0, 0.05) is 18.5 Å². The zero-order valence-electron chi connectivity index (χ0n) is 14.4. The molecule has 1 saturated heterocycles. The van der Waals surface area contributed by atoms with Crippen LogP contribution in [0.2, 0.25) is 0 Å². The third kappa shape index (κ3) is 2.89. The summed E-state index contributed by atoms with van der Waals surface area (Å²) in [7, 11) is 0. The van der Waals surface area contributed by atoms with Crippen molar-refractivity contribution in [1.82, 2.24) is 10.2 Å². The summed E-state index contributed by atoms with van der Waals surface area (Å²) in [6.45, 7) is 4.11. The molecule has 0 aromatic rings. The highest BCUT2D eigenvalue weighted by atomic mass is 16.2. The summed E-state index contributed by atoms with van der Waals surface area (Å²) in [6.07, 6.45) is 9.55. The van der Waals surface area contributed by atoms with Gasteiger partial charge in [0.15, 0.2) is 0 Å². The number of likely N-dealkylation sites (tertiary alicyclic amines) is 1. The molecule has 128 valence electrons. The van der Waals surface area contributed by atoms with Gasteiger partial charge in [-0.25, -0.2) is 0 Å². The largest absolute Gasteiger partial charge is 0.347 e. The predicted molar refractivity (Wildman–Crippen MR) is 88.6 cm³/mol. The fourth-order valence-electron chi connectivity index (χ4n) is 6.26. The van der Waals surface area contributed by atoms with Crippen LogP contribution in [0.3, 0.4) is 0 Å². The van der Waals surface area contributed by atoms with Gasteiger partial charge in [0.25, 0.3) is 0 Å². The van der Waals surface area contributed by atoms with E-state index in [-0.39, 0.29) is 23.8 Å². The molecule has 5 fully saturated rings. The number of carbonyl (C=O) groups excluding carboxylic acids is 2. The molecule has 1 atom stereocenters. The van der Waals surface area contributed by atoms with Gasteiger partial charge in [-0.3, -0.25) is 9.59 Å². The van der Waals surface area contributed by atoms with Crippen LogP contribution in [0.25, 0.3) is 0 Å². The lowest BCUT2D eigenvalue weighted by atomic mass is 9.49. The molecule has 0 spiro atoms. The molecule has 2 amide bonds. The Bertz CT molecular complexity index is 466. The molecule has 1 heterocycles. The van der Waals surface area contributed by atoms with Crippen LogP contribution in [-0.4, -0.2) is 36.3 Å². The van der Waals surface area contributed by atoms with E-state index < -0.39 is 0 Å². The standard InChI is InChI=1S/C19H30N2O2/c1-13-3-2-4-21(12-13)17(22)11-20-18(23)19-8-14-5-15(9-19)7-16(6-14)10-19/h13-16H,2-12H2,1H3,(H,20,23). The second kappa shape index (κ2) is 5.78. The number of hydrogen-bond donors (Lipinski definition) is 1. The highest BCUT2D eigenvalue weighted by molar-refractivity contribution is 5.88. The van der Waals surface area contributed by atoms with E-state index in [1.165, 1.54) is 25.7 Å². The number of rotatable bonds is 3. The molecule has 4 saturated carbocycles. The predicted octanol–water partition coefficient (Wildman–Crippen LogP) is 2.58. The number of amides is 2. The average Bonchev–Trinajstić information content (AvgIpc) is 2.51. The first-order chi connectivity index (χ1) is 11.0. The van der Waals surface area contributed by atoms with E-state index in [0.717, 1.165) is 56.5 Å². The zero-order valence-corrected chi connectivity index (χ0v) is 14.4. The maximum Gasteiger partial charge on any atom is 0.241 e. The van der Waals surface area contributed by atoms with Crippen molar-refractivity contribution in [2.45, 2.75) is 58.3 Å². The lowest BCUT2D eigenvalue weighted by Crippen LogP contribution is -2.55. The summed E-state index contributed by atoms with van der Waals surface area (Å²) in [6, 6.07) is 0. The fourth-order valence-corrected chi connectivity index (χ4v) is 6.26. The van der Waals surface area contributed by atoms with E-state index in [4.69, 9.17) is 0 Å². The van der Waals surface area contributed by atoms with Crippen LogP contribution in [0.5, 0.6) is 0 Å². The van der Waals surface area contributed by atoms with E-state index >= 15 is 0 Å². The van der Waals surface area contributed by atoms with E-state index in [1.807, 2.05) is 4.90 Å². The molecule has 1 N–H and O–H groups in total. The Hall–Kier alpha value is -1.06. The number of nitrogens with zero attached hydrogens (tertiary/aromatic N) is 1.